The normalized spacial score (nSPS) is 13.3. The number of nitrogens with zero attached hydrogens (tertiary/aromatic N) is 3. The molecule has 4 rings (SSSR count). The number of nitrogens with one attached hydrogen (secondary N) is 1. The zero-order chi connectivity index (χ0) is 21.8. The smallest absolute Gasteiger partial charge is 0.262 e. The zero-order valence-corrected chi connectivity index (χ0v) is 18.7. The maximum Gasteiger partial charge on any atom is 0.262 e. The molecular formula is C22H19Cl3N4O2. The Bertz CT molecular complexity index is 1090. The van der Waals surface area contributed by atoms with E-state index < -0.39 is 0 Å². The van der Waals surface area contributed by atoms with Crippen LogP contribution in [0.25, 0.3) is 11.3 Å². The van der Waals surface area contributed by atoms with Crippen LogP contribution in [0.15, 0.2) is 48.5 Å². The molecule has 9 heteroatoms. The molecule has 1 fully saturated rings. The van der Waals surface area contributed by atoms with Crippen LogP contribution in [0.3, 0.4) is 0 Å². The number of amides is 1. The fraction of sp³-hybridized carbons (Fsp3) is 0.227. The molecule has 2 heterocycles. The van der Waals surface area contributed by atoms with Gasteiger partial charge in [-0.25, -0.2) is 0 Å². The van der Waals surface area contributed by atoms with Gasteiger partial charge in [0.15, 0.2) is 12.4 Å². The highest BCUT2D eigenvalue weighted by Crippen LogP contribution is 2.33. The summed E-state index contributed by atoms with van der Waals surface area (Å²) in [5.74, 6) is 0.840. The molecule has 1 N–H and O–H groups in total. The number of hydrogen-bond donors (Lipinski definition) is 1. The van der Waals surface area contributed by atoms with E-state index in [4.69, 9.17) is 39.5 Å². The minimum absolute atomic E-state index is 0.230. The third-order valence-electron chi connectivity index (χ3n) is 4.86. The maximum atomic E-state index is 12.3. The van der Waals surface area contributed by atoms with E-state index in [1.54, 1.807) is 6.07 Å². The van der Waals surface area contributed by atoms with Crippen LogP contribution in [0.2, 0.25) is 15.1 Å². The first-order chi connectivity index (χ1) is 15.0. The van der Waals surface area contributed by atoms with Crippen LogP contribution in [-0.2, 0) is 4.79 Å². The second kappa shape index (κ2) is 9.73. The Morgan fingerprint density at radius 3 is 2.48 bits per heavy atom. The fourth-order valence-electron chi connectivity index (χ4n) is 3.31. The van der Waals surface area contributed by atoms with Crippen molar-refractivity contribution >= 4 is 52.2 Å². The van der Waals surface area contributed by atoms with Gasteiger partial charge in [0.2, 0.25) is 0 Å². The molecule has 2 aromatic carbocycles. The Morgan fingerprint density at radius 2 is 1.74 bits per heavy atom. The molecule has 0 atom stereocenters. The van der Waals surface area contributed by atoms with Gasteiger partial charge in [-0.2, -0.15) is 0 Å². The van der Waals surface area contributed by atoms with E-state index in [1.807, 2.05) is 30.3 Å². The lowest BCUT2D eigenvalue weighted by molar-refractivity contribution is -0.118. The van der Waals surface area contributed by atoms with Crippen molar-refractivity contribution in [3.05, 3.63) is 63.6 Å². The SMILES string of the molecule is O=C(COc1cc(Cl)c(Cl)cc1Cl)Nc1cccc(-c2ccc(N3CCCC3)nn2)c1. The molecule has 3 aromatic rings. The average Bonchev–Trinajstić information content (AvgIpc) is 3.31. The highest BCUT2D eigenvalue weighted by atomic mass is 35.5. The van der Waals surface area contributed by atoms with E-state index in [0.29, 0.717) is 15.7 Å². The number of anilines is 2. The van der Waals surface area contributed by atoms with Gasteiger partial charge in [0, 0.05) is 30.4 Å². The number of carbonyl (C=O) groups is 1. The monoisotopic (exact) mass is 476 g/mol. The minimum atomic E-state index is -0.338. The Labute approximate surface area is 195 Å². The predicted molar refractivity (Wildman–Crippen MR) is 125 cm³/mol. The van der Waals surface area contributed by atoms with Crippen molar-refractivity contribution in [3.63, 3.8) is 0 Å². The number of ether oxygens (including phenoxy) is 1. The lowest BCUT2D eigenvalue weighted by Gasteiger charge is -2.15. The summed E-state index contributed by atoms with van der Waals surface area (Å²) in [6.07, 6.45) is 2.37. The summed E-state index contributed by atoms with van der Waals surface area (Å²) < 4.78 is 5.47. The van der Waals surface area contributed by atoms with E-state index in [1.165, 1.54) is 25.0 Å². The number of carbonyl (C=O) groups excluding carboxylic acids is 1. The number of hydrogen-bond acceptors (Lipinski definition) is 5. The van der Waals surface area contributed by atoms with Crippen LogP contribution < -0.4 is 15.0 Å². The van der Waals surface area contributed by atoms with Crippen LogP contribution in [0, 0.1) is 0 Å². The molecule has 0 saturated carbocycles. The van der Waals surface area contributed by atoms with Crippen molar-refractivity contribution in [2.24, 2.45) is 0 Å². The van der Waals surface area contributed by atoms with Crippen LogP contribution >= 0.6 is 34.8 Å². The minimum Gasteiger partial charge on any atom is -0.482 e. The molecule has 160 valence electrons. The first kappa shape index (κ1) is 21.7. The van der Waals surface area contributed by atoms with Crippen LogP contribution in [0.4, 0.5) is 11.5 Å². The molecule has 0 radical (unpaired) electrons. The Kier molecular flexibility index (Phi) is 6.80. The fourth-order valence-corrected chi connectivity index (χ4v) is 3.90. The average molecular weight is 478 g/mol. The van der Waals surface area contributed by atoms with E-state index in [-0.39, 0.29) is 23.3 Å². The quantitative estimate of drug-likeness (QED) is 0.460. The molecule has 1 aliphatic rings. The van der Waals surface area contributed by atoms with Crippen molar-refractivity contribution in [2.75, 3.05) is 29.9 Å². The maximum absolute atomic E-state index is 12.3. The second-order valence-electron chi connectivity index (χ2n) is 7.09. The lowest BCUT2D eigenvalue weighted by atomic mass is 10.1. The summed E-state index contributed by atoms with van der Waals surface area (Å²) in [4.78, 5) is 14.5. The molecule has 0 bridgehead atoms. The number of rotatable bonds is 6. The molecule has 0 unspecified atom stereocenters. The van der Waals surface area contributed by atoms with Crippen molar-refractivity contribution in [1.29, 1.82) is 0 Å². The van der Waals surface area contributed by atoms with Gasteiger partial charge >= 0.3 is 0 Å². The largest absolute Gasteiger partial charge is 0.482 e. The highest BCUT2D eigenvalue weighted by Gasteiger charge is 2.14. The molecule has 6 nitrogen and oxygen atoms in total. The lowest BCUT2D eigenvalue weighted by Crippen LogP contribution is -2.20. The molecule has 1 amide bonds. The summed E-state index contributed by atoms with van der Waals surface area (Å²) >= 11 is 17.9. The zero-order valence-electron chi connectivity index (χ0n) is 16.4. The van der Waals surface area contributed by atoms with Gasteiger partial charge in [-0.1, -0.05) is 46.9 Å². The van der Waals surface area contributed by atoms with Crippen LogP contribution in [0.5, 0.6) is 5.75 Å². The molecule has 0 spiro atoms. The highest BCUT2D eigenvalue weighted by molar-refractivity contribution is 6.43. The summed E-state index contributed by atoms with van der Waals surface area (Å²) in [5.41, 5.74) is 2.21. The van der Waals surface area contributed by atoms with Crippen LogP contribution in [-0.4, -0.2) is 35.8 Å². The number of benzene rings is 2. The number of aromatic nitrogens is 2. The van der Waals surface area contributed by atoms with E-state index in [0.717, 1.165) is 30.2 Å². The Hall–Kier alpha value is -2.54. The van der Waals surface area contributed by atoms with Gasteiger partial charge in [-0.15, -0.1) is 10.2 Å². The van der Waals surface area contributed by atoms with Crippen molar-refractivity contribution in [2.45, 2.75) is 12.8 Å². The molecule has 1 aromatic heterocycles. The van der Waals surface area contributed by atoms with Gasteiger partial charge in [0.1, 0.15) is 5.75 Å². The van der Waals surface area contributed by atoms with Gasteiger partial charge < -0.3 is 15.0 Å². The molecule has 31 heavy (non-hydrogen) atoms. The van der Waals surface area contributed by atoms with E-state index >= 15 is 0 Å². The molecule has 0 aliphatic carbocycles. The van der Waals surface area contributed by atoms with Gasteiger partial charge in [0.05, 0.1) is 20.8 Å². The standard InChI is InChI=1S/C22H19Cl3N4O2/c23-16-11-18(25)20(12-17(16)24)31-13-22(30)26-15-5-3-4-14(10-15)19-6-7-21(28-27-19)29-8-1-2-9-29/h3-7,10-12H,1-2,8-9,13H2,(H,26,30). The molecule has 1 saturated heterocycles. The summed E-state index contributed by atoms with van der Waals surface area (Å²) in [7, 11) is 0. The second-order valence-corrected chi connectivity index (χ2v) is 8.31. The molecular weight excluding hydrogens is 459 g/mol. The van der Waals surface area contributed by atoms with Crippen molar-refractivity contribution in [3.8, 4) is 17.0 Å². The van der Waals surface area contributed by atoms with E-state index in [9.17, 15) is 4.79 Å². The summed E-state index contributed by atoms with van der Waals surface area (Å²) in [5, 5.41) is 12.4. The Morgan fingerprint density at radius 1 is 0.968 bits per heavy atom. The summed E-state index contributed by atoms with van der Waals surface area (Å²) in [6, 6.07) is 14.3. The third kappa shape index (κ3) is 5.39. The van der Waals surface area contributed by atoms with Gasteiger partial charge in [0.25, 0.3) is 5.91 Å². The first-order valence-corrected chi connectivity index (χ1v) is 10.9. The Balaban J connectivity index is 1.39. The number of halogens is 3. The molecule has 1 aliphatic heterocycles. The van der Waals surface area contributed by atoms with Crippen molar-refractivity contribution in [1.82, 2.24) is 10.2 Å². The topological polar surface area (TPSA) is 67.3 Å². The summed E-state index contributed by atoms with van der Waals surface area (Å²) in [6.45, 7) is 1.81. The van der Waals surface area contributed by atoms with E-state index in [2.05, 4.69) is 20.4 Å². The van der Waals surface area contributed by atoms with Crippen LogP contribution in [0.1, 0.15) is 12.8 Å². The van der Waals surface area contributed by atoms with Crippen molar-refractivity contribution < 1.29 is 9.53 Å². The third-order valence-corrected chi connectivity index (χ3v) is 5.87. The van der Waals surface area contributed by atoms with Gasteiger partial charge in [-0.3, -0.25) is 4.79 Å². The first-order valence-electron chi connectivity index (χ1n) is 9.76. The van der Waals surface area contributed by atoms with Gasteiger partial charge in [-0.05, 0) is 43.2 Å². The predicted octanol–water partition coefficient (Wildman–Crippen LogP) is 5.72.